The number of carbonyl (C=O) groups is 1. The van der Waals surface area contributed by atoms with Crippen molar-refractivity contribution in [1.82, 2.24) is 0 Å². The van der Waals surface area contributed by atoms with Crippen LogP contribution in [-0.2, 0) is 11.2 Å². The van der Waals surface area contributed by atoms with Gasteiger partial charge in [-0.2, -0.15) is 0 Å². The molecule has 0 atom stereocenters. The molecule has 0 bridgehead atoms. The van der Waals surface area contributed by atoms with E-state index in [2.05, 4.69) is 6.08 Å². The lowest BCUT2D eigenvalue weighted by atomic mass is 9.95. The van der Waals surface area contributed by atoms with Crippen LogP contribution < -0.4 is 0 Å². The van der Waals surface area contributed by atoms with Crippen LogP contribution in [-0.4, -0.2) is 5.78 Å². The van der Waals surface area contributed by atoms with Crippen molar-refractivity contribution in [2.75, 3.05) is 0 Å². The Labute approximate surface area is 94.8 Å². The third-order valence-corrected chi connectivity index (χ3v) is 3.64. The van der Waals surface area contributed by atoms with Crippen molar-refractivity contribution < 1.29 is 4.79 Å². The molecular formula is C13H16OS. The molecule has 80 valence electrons. The summed E-state index contributed by atoms with van der Waals surface area (Å²) in [5.74, 6) is 0.366. The van der Waals surface area contributed by atoms with Crippen LogP contribution in [0.1, 0.15) is 37.0 Å². The van der Waals surface area contributed by atoms with Crippen LogP contribution in [0, 0.1) is 0 Å². The third-order valence-electron chi connectivity index (χ3n) is 2.76. The van der Waals surface area contributed by atoms with Crippen LogP contribution in [0.2, 0.25) is 0 Å². The topological polar surface area (TPSA) is 17.1 Å². The number of hydrogen-bond acceptors (Lipinski definition) is 2. The largest absolute Gasteiger partial charge is 0.299 e. The molecule has 0 fully saturated rings. The van der Waals surface area contributed by atoms with E-state index in [-0.39, 0.29) is 0 Å². The molecular weight excluding hydrogens is 204 g/mol. The van der Waals surface area contributed by atoms with Crippen LogP contribution in [0.15, 0.2) is 29.2 Å². The maximum absolute atomic E-state index is 11.7. The fourth-order valence-electron chi connectivity index (χ4n) is 1.99. The average Bonchev–Trinajstić information content (AvgIpc) is 2.71. The van der Waals surface area contributed by atoms with Gasteiger partial charge in [0, 0.05) is 17.7 Å². The monoisotopic (exact) mass is 220 g/mol. The molecule has 0 spiro atoms. The zero-order chi connectivity index (χ0) is 10.5. The van der Waals surface area contributed by atoms with Gasteiger partial charge in [-0.05, 0) is 37.1 Å². The number of Topliss-reactive ketones (excluding diaryl/α,β-unsaturated/α-hetero) is 1. The summed E-state index contributed by atoms with van der Waals surface area (Å²) in [5.41, 5.74) is 1.36. The first-order chi connectivity index (χ1) is 7.34. The highest BCUT2D eigenvalue weighted by atomic mass is 32.1. The molecule has 0 N–H and O–H groups in total. The summed E-state index contributed by atoms with van der Waals surface area (Å²) < 4.78 is 0. The van der Waals surface area contributed by atoms with Crippen LogP contribution in [0.5, 0.6) is 0 Å². The number of rotatable bonds is 4. The van der Waals surface area contributed by atoms with E-state index in [0.717, 1.165) is 6.42 Å². The van der Waals surface area contributed by atoms with E-state index < -0.39 is 0 Å². The van der Waals surface area contributed by atoms with Crippen LogP contribution in [0.4, 0.5) is 0 Å². The van der Waals surface area contributed by atoms with Gasteiger partial charge in [0.1, 0.15) is 5.78 Å². The molecule has 2 heteroatoms. The Balaban J connectivity index is 1.84. The van der Waals surface area contributed by atoms with E-state index in [4.69, 9.17) is 0 Å². The second-order valence-electron chi connectivity index (χ2n) is 4.08. The van der Waals surface area contributed by atoms with E-state index in [1.165, 1.54) is 29.7 Å². The standard InChI is InChI=1S/C13H16OS/c14-12(10-13-7-4-8-15-13)9-11-5-2-1-3-6-11/h4-5,7-8H,1-3,6,9-10H2. The Kier molecular flexibility index (Phi) is 3.73. The molecule has 1 aromatic heterocycles. The molecule has 0 aliphatic heterocycles. The summed E-state index contributed by atoms with van der Waals surface area (Å²) in [4.78, 5) is 12.9. The summed E-state index contributed by atoms with van der Waals surface area (Å²) in [7, 11) is 0. The molecule has 0 saturated heterocycles. The third kappa shape index (κ3) is 3.31. The minimum Gasteiger partial charge on any atom is -0.299 e. The number of hydrogen-bond donors (Lipinski definition) is 0. The molecule has 0 saturated carbocycles. The van der Waals surface area contributed by atoms with Gasteiger partial charge in [-0.3, -0.25) is 4.79 Å². The van der Waals surface area contributed by atoms with Crippen molar-refractivity contribution in [3.63, 3.8) is 0 Å². The lowest BCUT2D eigenvalue weighted by Gasteiger charge is -2.11. The summed E-state index contributed by atoms with van der Waals surface area (Å²) >= 11 is 1.67. The lowest BCUT2D eigenvalue weighted by Crippen LogP contribution is -2.04. The lowest BCUT2D eigenvalue weighted by molar-refractivity contribution is -0.117. The zero-order valence-electron chi connectivity index (χ0n) is 8.87. The van der Waals surface area contributed by atoms with Crippen molar-refractivity contribution in [3.05, 3.63) is 34.0 Å². The predicted octanol–water partition coefficient (Wildman–Crippen LogP) is 3.75. The Morgan fingerprint density at radius 3 is 2.93 bits per heavy atom. The summed E-state index contributed by atoms with van der Waals surface area (Å²) in [6.45, 7) is 0. The Morgan fingerprint density at radius 1 is 1.33 bits per heavy atom. The van der Waals surface area contributed by atoms with Crippen LogP contribution in [0.3, 0.4) is 0 Å². The van der Waals surface area contributed by atoms with Gasteiger partial charge in [0.25, 0.3) is 0 Å². The van der Waals surface area contributed by atoms with Crippen molar-refractivity contribution in [3.8, 4) is 0 Å². The predicted molar refractivity (Wildman–Crippen MR) is 64.2 cm³/mol. The zero-order valence-corrected chi connectivity index (χ0v) is 9.69. The summed E-state index contributed by atoms with van der Waals surface area (Å²) in [6, 6.07) is 4.05. The molecule has 0 radical (unpaired) electrons. The summed E-state index contributed by atoms with van der Waals surface area (Å²) in [6.07, 6.45) is 8.42. The number of thiophene rings is 1. The van der Waals surface area contributed by atoms with Gasteiger partial charge in [-0.25, -0.2) is 0 Å². The quantitative estimate of drug-likeness (QED) is 0.706. The van der Waals surface area contributed by atoms with Crippen LogP contribution >= 0.6 is 11.3 Å². The fraction of sp³-hybridized carbons (Fsp3) is 0.462. The molecule has 0 unspecified atom stereocenters. The highest BCUT2D eigenvalue weighted by Crippen LogP contribution is 2.21. The Morgan fingerprint density at radius 2 is 2.27 bits per heavy atom. The minimum absolute atomic E-state index is 0.366. The van der Waals surface area contributed by atoms with Gasteiger partial charge < -0.3 is 0 Å². The first kappa shape index (κ1) is 10.6. The molecule has 0 amide bonds. The Hall–Kier alpha value is -0.890. The average molecular weight is 220 g/mol. The van der Waals surface area contributed by atoms with Crippen molar-refractivity contribution in [2.45, 2.75) is 38.5 Å². The Bertz CT molecular complexity index is 349. The normalized spacial score (nSPS) is 16.1. The SMILES string of the molecule is O=C(CC1=CCCCC1)Cc1cccs1. The first-order valence-electron chi connectivity index (χ1n) is 5.56. The van der Waals surface area contributed by atoms with Gasteiger partial charge >= 0.3 is 0 Å². The summed E-state index contributed by atoms with van der Waals surface area (Å²) in [5, 5.41) is 2.03. The van der Waals surface area contributed by atoms with Crippen molar-refractivity contribution in [1.29, 1.82) is 0 Å². The van der Waals surface area contributed by atoms with Gasteiger partial charge in [-0.1, -0.05) is 17.7 Å². The van der Waals surface area contributed by atoms with Gasteiger partial charge in [0.15, 0.2) is 0 Å². The second-order valence-corrected chi connectivity index (χ2v) is 5.11. The number of allylic oxidation sites excluding steroid dienone is 2. The van der Waals surface area contributed by atoms with Gasteiger partial charge in [-0.15, -0.1) is 11.3 Å². The number of ketones is 1. The van der Waals surface area contributed by atoms with Crippen molar-refractivity contribution in [2.24, 2.45) is 0 Å². The van der Waals surface area contributed by atoms with Gasteiger partial charge in [0.2, 0.25) is 0 Å². The minimum atomic E-state index is 0.366. The fourth-order valence-corrected chi connectivity index (χ4v) is 2.72. The highest BCUT2D eigenvalue weighted by Gasteiger charge is 2.09. The maximum atomic E-state index is 11.7. The van der Waals surface area contributed by atoms with Crippen molar-refractivity contribution >= 4 is 17.1 Å². The molecule has 1 heterocycles. The van der Waals surface area contributed by atoms with E-state index in [1.807, 2.05) is 17.5 Å². The molecule has 1 aliphatic rings. The van der Waals surface area contributed by atoms with E-state index in [9.17, 15) is 4.79 Å². The van der Waals surface area contributed by atoms with E-state index in [0.29, 0.717) is 18.6 Å². The highest BCUT2D eigenvalue weighted by molar-refractivity contribution is 7.10. The first-order valence-corrected chi connectivity index (χ1v) is 6.44. The molecule has 15 heavy (non-hydrogen) atoms. The van der Waals surface area contributed by atoms with Gasteiger partial charge in [0.05, 0.1) is 0 Å². The molecule has 1 aromatic rings. The maximum Gasteiger partial charge on any atom is 0.142 e. The molecule has 2 rings (SSSR count). The second kappa shape index (κ2) is 5.26. The van der Waals surface area contributed by atoms with E-state index in [1.54, 1.807) is 11.3 Å². The molecule has 0 aromatic carbocycles. The smallest absolute Gasteiger partial charge is 0.142 e. The molecule has 1 nitrogen and oxygen atoms in total. The number of carbonyl (C=O) groups excluding carboxylic acids is 1. The van der Waals surface area contributed by atoms with Crippen LogP contribution in [0.25, 0.3) is 0 Å². The van der Waals surface area contributed by atoms with E-state index >= 15 is 0 Å². The molecule has 1 aliphatic carbocycles.